The van der Waals surface area contributed by atoms with E-state index in [1.54, 1.807) is 16.7 Å². The van der Waals surface area contributed by atoms with Crippen LogP contribution in [0, 0.1) is 5.92 Å². The van der Waals surface area contributed by atoms with Crippen LogP contribution >= 0.6 is 0 Å². The van der Waals surface area contributed by atoms with E-state index in [4.69, 9.17) is 4.98 Å². The first-order valence-corrected chi connectivity index (χ1v) is 8.85. The molecule has 0 aromatic carbocycles. The zero-order valence-corrected chi connectivity index (χ0v) is 14.2. The van der Waals surface area contributed by atoms with Crippen molar-refractivity contribution in [1.82, 2.24) is 14.3 Å². The van der Waals surface area contributed by atoms with Crippen molar-refractivity contribution < 1.29 is 0 Å². The van der Waals surface area contributed by atoms with E-state index in [1.807, 2.05) is 18.2 Å². The third-order valence-corrected chi connectivity index (χ3v) is 4.73. The molecule has 0 radical (unpaired) electrons. The maximum Gasteiger partial charge on any atom is 0.258 e. The summed E-state index contributed by atoms with van der Waals surface area (Å²) in [6, 6.07) is 8.01. The van der Waals surface area contributed by atoms with Crippen molar-refractivity contribution in [3.8, 4) is 0 Å². The first kappa shape index (κ1) is 16.2. The van der Waals surface area contributed by atoms with Gasteiger partial charge in [-0.05, 0) is 43.9 Å². The van der Waals surface area contributed by atoms with Crippen molar-refractivity contribution in [3.63, 3.8) is 0 Å². The number of rotatable bonds is 4. The second-order valence-electron chi connectivity index (χ2n) is 7.12. The van der Waals surface area contributed by atoms with Gasteiger partial charge in [0.1, 0.15) is 5.65 Å². The Morgan fingerprint density at radius 2 is 2.13 bits per heavy atom. The molecule has 2 aromatic rings. The molecule has 0 N–H and O–H groups in total. The predicted molar refractivity (Wildman–Crippen MR) is 93.6 cm³/mol. The van der Waals surface area contributed by atoms with E-state index >= 15 is 0 Å². The van der Waals surface area contributed by atoms with E-state index in [0.29, 0.717) is 12.0 Å². The molecule has 1 aliphatic rings. The number of likely N-dealkylation sites (tertiary alicyclic amines) is 1. The second-order valence-corrected chi connectivity index (χ2v) is 7.12. The lowest BCUT2D eigenvalue weighted by molar-refractivity contribution is 0.166. The molecule has 1 aliphatic heterocycles. The molecule has 1 atom stereocenters. The van der Waals surface area contributed by atoms with E-state index in [9.17, 15) is 4.79 Å². The molecule has 1 fully saturated rings. The third-order valence-electron chi connectivity index (χ3n) is 4.73. The minimum absolute atomic E-state index is 0.0147. The maximum absolute atomic E-state index is 12.3. The van der Waals surface area contributed by atoms with E-state index in [0.717, 1.165) is 24.4 Å². The first-order valence-electron chi connectivity index (χ1n) is 8.85. The van der Waals surface area contributed by atoms with Crippen LogP contribution < -0.4 is 5.56 Å². The van der Waals surface area contributed by atoms with Gasteiger partial charge in [-0.25, -0.2) is 4.98 Å². The van der Waals surface area contributed by atoms with Crippen LogP contribution in [0.2, 0.25) is 0 Å². The molecule has 4 heteroatoms. The van der Waals surface area contributed by atoms with Gasteiger partial charge in [-0.2, -0.15) is 0 Å². The van der Waals surface area contributed by atoms with E-state index in [1.165, 1.54) is 32.1 Å². The number of nitrogens with zero attached hydrogens (tertiary/aromatic N) is 3. The number of aromatic nitrogens is 2. The van der Waals surface area contributed by atoms with Crippen LogP contribution in [0.5, 0.6) is 0 Å². The summed E-state index contributed by atoms with van der Waals surface area (Å²) in [5.41, 5.74) is 1.66. The van der Waals surface area contributed by atoms with Gasteiger partial charge in [0.15, 0.2) is 0 Å². The van der Waals surface area contributed by atoms with Crippen LogP contribution in [0.15, 0.2) is 35.3 Å². The molecule has 4 nitrogen and oxygen atoms in total. The van der Waals surface area contributed by atoms with Gasteiger partial charge >= 0.3 is 0 Å². The van der Waals surface area contributed by atoms with Gasteiger partial charge in [0, 0.05) is 24.8 Å². The van der Waals surface area contributed by atoms with Crippen LogP contribution in [0.4, 0.5) is 0 Å². The Labute approximate surface area is 138 Å². The maximum atomic E-state index is 12.3. The SMILES string of the molecule is CC(C)C[C@@H]1CCCCCN1Cc1cc(=O)n2ccccc2n1. The fraction of sp³-hybridized carbons (Fsp3) is 0.579. The summed E-state index contributed by atoms with van der Waals surface area (Å²) in [6.45, 7) is 6.50. The fourth-order valence-electron chi connectivity index (χ4n) is 3.65. The molecule has 2 aromatic heterocycles. The molecule has 1 saturated heterocycles. The summed E-state index contributed by atoms with van der Waals surface area (Å²) in [7, 11) is 0. The number of hydrogen-bond acceptors (Lipinski definition) is 3. The highest BCUT2D eigenvalue weighted by atomic mass is 16.1. The van der Waals surface area contributed by atoms with E-state index < -0.39 is 0 Å². The highest BCUT2D eigenvalue weighted by Gasteiger charge is 2.22. The Morgan fingerprint density at radius 1 is 1.26 bits per heavy atom. The predicted octanol–water partition coefficient (Wildman–Crippen LogP) is 3.49. The molecule has 0 amide bonds. The molecular formula is C19H27N3O. The van der Waals surface area contributed by atoms with Gasteiger partial charge in [0.25, 0.3) is 5.56 Å². The van der Waals surface area contributed by atoms with Crippen LogP contribution in [-0.4, -0.2) is 26.9 Å². The summed E-state index contributed by atoms with van der Waals surface area (Å²) >= 11 is 0. The van der Waals surface area contributed by atoms with Gasteiger partial charge < -0.3 is 0 Å². The average molecular weight is 313 g/mol. The standard InChI is InChI=1S/C19H27N3O/c1-15(2)12-17-8-4-3-6-10-21(17)14-16-13-19(23)22-11-7-5-9-18(22)20-16/h5,7,9,11,13,15,17H,3-4,6,8,10,12,14H2,1-2H3/t17-/m0/s1. The van der Waals surface area contributed by atoms with Crippen molar-refractivity contribution >= 4 is 5.65 Å². The third kappa shape index (κ3) is 3.99. The van der Waals surface area contributed by atoms with Crippen LogP contribution in [0.1, 0.15) is 51.6 Å². The van der Waals surface area contributed by atoms with Crippen LogP contribution in [0.25, 0.3) is 5.65 Å². The Bertz CT molecular complexity index is 707. The Morgan fingerprint density at radius 3 is 2.96 bits per heavy atom. The summed E-state index contributed by atoms with van der Waals surface area (Å²) in [6.07, 6.45) is 8.17. The largest absolute Gasteiger partial charge is 0.295 e. The minimum Gasteiger partial charge on any atom is -0.295 e. The second kappa shape index (κ2) is 7.26. The van der Waals surface area contributed by atoms with Crippen molar-refractivity contribution in [1.29, 1.82) is 0 Å². The number of fused-ring (bicyclic) bond motifs is 1. The summed E-state index contributed by atoms with van der Waals surface area (Å²) in [5.74, 6) is 0.704. The van der Waals surface area contributed by atoms with Gasteiger partial charge in [0.05, 0.1) is 5.69 Å². The highest BCUT2D eigenvalue weighted by Crippen LogP contribution is 2.23. The number of pyridine rings is 1. The van der Waals surface area contributed by atoms with Crippen LogP contribution in [-0.2, 0) is 6.54 Å². The van der Waals surface area contributed by atoms with Crippen molar-refractivity contribution in [3.05, 3.63) is 46.5 Å². The van der Waals surface area contributed by atoms with E-state index in [-0.39, 0.29) is 5.56 Å². The molecule has 0 bridgehead atoms. The van der Waals surface area contributed by atoms with Crippen LogP contribution in [0.3, 0.4) is 0 Å². The lowest BCUT2D eigenvalue weighted by Crippen LogP contribution is -2.36. The molecule has 23 heavy (non-hydrogen) atoms. The lowest BCUT2D eigenvalue weighted by Gasteiger charge is -2.31. The summed E-state index contributed by atoms with van der Waals surface area (Å²) in [4.78, 5) is 19.5. The first-order chi connectivity index (χ1) is 11.1. The lowest BCUT2D eigenvalue weighted by atomic mass is 9.98. The normalized spacial score (nSPS) is 20.0. The number of hydrogen-bond donors (Lipinski definition) is 0. The monoisotopic (exact) mass is 313 g/mol. The average Bonchev–Trinajstić information content (AvgIpc) is 2.72. The van der Waals surface area contributed by atoms with E-state index in [2.05, 4.69) is 18.7 Å². The molecule has 3 heterocycles. The zero-order valence-electron chi connectivity index (χ0n) is 14.2. The Hall–Kier alpha value is -1.68. The van der Waals surface area contributed by atoms with Gasteiger partial charge in [-0.3, -0.25) is 14.1 Å². The molecule has 124 valence electrons. The summed E-state index contributed by atoms with van der Waals surface area (Å²) in [5, 5.41) is 0. The molecule has 0 saturated carbocycles. The summed E-state index contributed by atoms with van der Waals surface area (Å²) < 4.78 is 1.61. The minimum atomic E-state index is 0.0147. The fourth-order valence-corrected chi connectivity index (χ4v) is 3.65. The Balaban J connectivity index is 1.84. The quantitative estimate of drug-likeness (QED) is 0.867. The molecule has 0 unspecified atom stereocenters. The Kier molecular flexibility index (Phi) is 5.11. The molecular weight excluding hydrogens is 286 g/mol. The smallest absolute Gasteiger partial charge is 0.258 e. The van der Waals surface area contributed by atoms with Crippen molar-refractivity contribution in [2.24, 2.45) is 5.92 Å². The van der Waals surface area contributed by atoms with Gasteiger partial charge in [-0.15, -0.1) is 0 Å². The molecule has 0 aliphatic carbocycles. The molecule has 3 rings (SSSR count). The zero-order chi connectivity index (χ0) is 16.2. The molecule has 0 spiro atoms. The van der Waals surface area contributed by atoms with Gasteiger partial charge in [-0.1, -0.05) is 32.8 Å². The van der Waals surface area contributed by atoms with Gasteiger partial charge in [0.2, 0.25) is 0 Å². The van der Waals surface area contributed by atoms with Crippen molar-refractivity contribution in [2.75, 3.05) is 6.54 Å². The topological polar surface area (TPSA) is 37.6 Å². The highest BCUT2D eigenvalue weighted by molar-refractivity contribution is 5.37. The van der Waals surface area contributed by atoms with Crippen molar-refractivity contribution in [2.45, 2.75) is 58.5 Å².